The van der Waals surface area contributed by atoms with Crippen molar-refractivity contribution < 1.29 is 85.4 Å². The van der Waals surface area contributed by atoms with Crippen LogP contribution in [-0.4, -0.2) is 270 Å². The molecule has 0 spiro atoms. The molecule has 4 amide bonds. The molecule has 0 bridgehead atoms. The highest BCUT2D eigenvalue weighted by molar-refractivity contribution is 8.00. The largest absolute Gasteiger partial charge is 0.377 e. The highest BCUT2D eigenvalue weighted by Crippen LogP contribution is 2.42. The molecule has 0 unspecified atom stereocenters. The number of aryl methyl sites for hydroxylation is 1. The number of ether oxygens (including phenoxy) is 15. The maximum atomic E-state index is 12.5. The average Bonchev–Trinajstić information content (AvgIpc) is 1.69. The Kier molecular flexibility index (Phi) is 48.6. The van der Waals surface area contributed by atoms with Crippen molar-refractivity contribution in [3.63, 3.8) is 0 Å². The van der Waals surface area contributed by atoms with Gasteiger partial charge in [-0.2, -0.15) is 11.8 Å². The molecule has 2 saturated heterocycles. The van der Waals surface area contributed by atoms with E-state index in [-0.39, 0.29) is 54.7 Å². The lowest BCUT2D eigenvalue weighted by Gasteiger charge is -2.27. The van der Waals surface area contributed by atoms with Gasteiger partial charge in [-0.3, -0.25) is 9.59 Å². The SMILES string of the molecule is Cl.Cl.NC1CCC(N[C@@H]2C[C@H]2c2ccc(-c3cccc(CCC(=O)NCCOCCOCCOCCOCCOCCOCCOCCOCCOCCOCCOCCOCCOCCOCCOCCNC(=O)CCCC[C@@H]4SC[C@@H]5NC(=O)N[C@@H]54)c3)cc2)CC1. The highest BCUT2D eigenvalue weighted by Gasteiger charge is 2.43. The number of hydrogen-bond donors (Lipinski definition) is 6. The first-order chi connectivity index (χ1) is 44.9. The number of benzene rings is 2. The molecule has 5 atom stereocenters. The summed E-state index contributed by atoms with van der Waals surface area (Å²) >= 11 is 1.90. The van der Waals surface area contributed by atoms with Crippen molar-refractivity contribution in [3.8, 4) is 11.1 Å². The molecule has 2 saturated carbocycles. The number of nitrogens with two attached hydrogens (primary N) is 1. The Balaban J connectivity index is 0.00000922. The van der Waals surface area contributed by atoms with Crippen LogP contribution in [0.25, 0.3) is 11.1 Å². The third-order valence-corrected chi connectivity index (χ3v) is 17.2. The molecule has 93 heavy (non-hydrogen) atoms. The summed E-state index contributed by atoms with van der Waals surface area (Å²) in [4.78, 5) is 36.1. The minimum absolute atomic E-state index is 0. The number of hydrogen-bond acceptors (Lipinski definition) is 21. The van der Waals surface area contributed by atoms with Crippen LogP contribution in [0.2, 0.25) is 0 Å². The number of rotatable bonds is 60. The van der Waals surface area contributed by atoms with Crippen LogP contribution >= 0.6 is 36.6 Å². The maximum absolute atomic E-state index is 12.5. The molecule has 4 aliphatic rings. The number of nitrogens with one attached hydrogen (secondary N) is 5. The molecule has 7 N–H and O–H groups in total. The van der Waals surface area contributed by atoms with E-state index in [1.165, 1.54) is 36.0 Å². The van der Waals surface area contributed by atoms with Crippen LogP contribution in [0.4, 0.5) is 4.79 Å². The number of amides is 4. The van der Waals surface area contributed by atoms with Gasteiger partial charge in [0.1, 0.15) is 0 Å². The van der Waals surface area contributed by atoms with E-state index in [2.05, 4.69) is 75.1 Å². The smallest absolute Gasteiger partial charge is 0.315 e. The summed E-state index contributed by atoms with van der Waals surface area (Å²) in [6.45, 7) is 15.0. The van der Waals surface area contributed by atoms with Gasteiger partial charge in [-0.1, -0.05) is 55.0 Å². The van der Waals surface area contributed by atoms with Gasteiger partial charge >= 0.3 is 6.03 Å². The van der Waals surface area contributed by atoms with Crippen molar-refractivity contribution in [1.82, 2.24) is 26.6 Å². The zero-order chi connectivity index (χ0) is 63.7. The van der Waals surface area contributed by atoms with Gasteiger partial charge in [0.05, 0.1) is 210 Å². The van der Waals surface area contributed by atoms with Crippen molar-refractivity contribution in [1.29, 1.82) is 0 Å². The summed E-state index contributed by atoms with van der Waals surface area (Å²) in [7, 11) is 0. The molecule has 534 valence electrons. The Morgan fingerprint density at radius 3 is 1.32 bits per heavy atom. The summed E-state index contributed by atoms with van der Waals surface area (Å²) in [6.07, 6.45) is 10.3. The van der Waals surface area contributed by atoms with Gasteiger partial charge in [0.25, 0.3) is 0 Å². The fraction of sp³-hybridized carbons (Fsp3) is 0.773. The first-order valence-corrected chi connectivity index (χ1v) is 34.5. The van der Waals surface area contributed by atoms with E-state index in [4.69, 9.17) is 76.8 Å². The topological polar surface area (TPSA) is 276 Å². The van der Waals surface area contributed by atoms with Crippen LogP contribution in [0.3, 0.4) is 0 Å². The Morgan fingerprint density at radius 1 is 0.484 bits per heavy atom. The van der Waals surface area contributed by atoms with Gasteiger partial charge in [-0.05, 0) is 73.6 Å². The zero-order valence-electron chi connectivity index (χ0n) is 54.9. The standard InChI is InChI=1S/C66H110N6O18S.2ClH/c67-57-13-15-58(16-14-57)70-60-51-59(60)55-11-9-54(10-12-55)56-5-3-4-53(50-56)8-17-64(74)69-19-21-77-23-25-79-27-29-81-31-33-83-35-37-85-39-41-87-43-45-89-47-49-90-48-46-88-44-42-86-40-38-84-36-34-82-32-30-80-28-26-78-24-22-76-20-18-68-63(73)7-2-1-6-62-65-61(52-91-62)71-66(75)72-65;;/h3-5,9-12,50,57-62,65,70H,1-2,6-8,13-49,51-52,67H2,(H,68,73)(H,69,74)(H2,71,72,75);2*1H/t57?,58?,59-,60+,61-,62-,65-;;/m0../s1. The molecule has 2 aromatic carbocycles. The normalized spacial score (nSPS) is 19.8. The van der Waals surface area contributed by atoms with E-state index >= 15 is 0 Å². The van der Waals surface area contributed by atoms with Gasteiger partial charge < -0.3 is 103 Å². The van der Waals surface area contributed by atoms with Gasteiger partial charge in [0.2, 0.25) is 11.8 Å². The van der Waals surface area contributed by atoms with E-state index in [9.17, 15) is 14.4 Å². The molecule has 27 heteroatoms. The van der Waals surface area contributed by atoms with Crippen LogP contribution in [0.15, 0.2) is 48.5 Å². The minimum Gasteiger partial charge on any atom is -0.377 e. The predicted molar refractivity (Wildman–Crippen MR) is 361 cm³/mol. The molecular weight excluding hydrogens is 1270 g/mol. The second-order valence-electron chi connectivity index (χ2n) is 22.8. The summed E-state index contributed by atoms with van der Waals surface area (Å²) in [5, 5.41) is 16.1. The van der Waals surface area contributed by atoms with E-state index in [1.807, 2.05) is 11.8 Å². The molecule has 24 nitrogen and oxygen atoms in total. The lowest BCUT2D eigenvalue weighted by atomic mass is 9.91. The first-order valence-electron chi connectivity index (χ1n) is 33.5. The molecular formula is C66H112Cl2N6O18S. The number of fused-ring (bicyclic) bond motifs is 1. The maximum Gasteiger partial charge on any atom is 0.315 e. The number of carbonyl (C=O) groups excluding carboxylic acids is 3. The third-order valence-electron chi connectivity index (χ3n) is 15.7. The average molecular weight is 1380 g/mol. The Bertz CT molecular complexity index is 2170. The second-order valence-corrected chi connectivity index (χ2v) is 24.1. The summed E-state index contributed by atoms with van der Waals surface area (Å²) in [5.41, 5.74) is 11.0. The fourth-order valence-corrected chi connectivity index (χ4v) is 12.1. The molecule has 0 aromatic heterocycles. The molecule has 6 rings (SSSR count). The molecule has 2 aliphatic carbocycles. The molecule has 2 heterocycles. The zero-order valence-corrected chi connectivity index (χ0v) is 57.4. The minimum atomic E-state index is -0.0643. The monoisotopic (exact) mass is 1380 g/mol. The van der Waals surface area contributed by atoms with Crippen molar-refractivity contribution >= 4 is 54.4 Å². The number of halogens is 2. The van der Waals surface area contributed by atoms with Gasteiger partial charge in [-0.25, -0.2) is 4.79 Å². The molecule has 4 fully saturated rings. The Labute approximate surface area is 569 Å². The Morgan fingerprint density at radius 2 is 0.892 bits per heavy atom. The van der Waals surface area contributed by atoms with Crippen molar-refractivity contribution in [2.45, 2.75) is 112 Å². The van der Waals surface area contributed by atoms with Crippen molar-refractivity contribution in [3.05, 3.63) is 59.7 Å². The number of urea groups is 1. The van der Waals surface area contributed by atoms with Crippen LogP contribution in [0, 0.1) is 0 Å². The van der Waals surface area contributed by atoms with Crippen molar-refractivity contribution in [2.75, 3.05) is 217 Å². The van der Waals surface area contributed by atoms with E-state index in [1.54, 1.807) is 0 Å². The van der Waals surface area contributed by atoms with E-state index in [0.29, 0.717) is 260 Å². The highest BCUT2D eigenvalue weighted by atomic mass is 35.5. The first kappa shape index (κ1) is 82.3. The van der Waals surface area contributed by atoms with E-state index in [0.717, 1.165) is 43.4 Å². The summed E-state index contributed by atoms with van der Waals surface area (Å²) < 4.78 is 83.2. The molecule has 2 aliphatic heterocycles. The van der Waals surface area contributed by atoms with Gasteiger partial charge in [0.15, 0.2) is 0 Å². The van der Waals surface area contributed by atoms with Crippen LogP contribution in [0.1, 0.15) is 81.3 Å². The van der Waals surface area contributed by atoms with Gasteiger partial charge in [0, 0.05) is 61.0 Å². The van der Waals surface area contributed by atoms with E-state index < -0.39 is 0 Å². The van der Waals surface area contributed by atoms with Gasteiger partial charge in [-0.15, -0.1) is 24.8 Å². The van der Waals surface area contributed by atoms with Crippen LogP contribution in [0.5, 0.6) is 0 Å². The predicted octanol–water partition coefficient (Wildman–Crippen LogP) is 5.05. The number of carbonyl (C=O) groups is 3. The third kappa shape index (κ3) is 39.8. The summed E-state index contributed by atoms with van der Waals surface area (Å²) in [5.74, 6) is 1.61. The van der Waals surface area contributed by atoms with Crippen LogP contribution < -0.4 is 32.3 Å². The summed E-state index contributed by atoms with van der Waals surface area (Å²) in [6, 6.07) is 19.5. The number of thioether (sulfide) groups is 1. The lowest BCUT2D eigenvalue weighted by Crippen LogP contribution is -2.38. The van der Waals surface area contributed by atoms with Crippen molar-refractivity contribution in [2.24, 2.45) is 5.73 Å². The lowest BCUT2D eigenvalue weighted by molar-refractivity contribution is -0.122. The molecule has 2 aromatic rings. The quantitative estimate of drug-likeness (QED) is 0.0373. The fourth-order valence-electron chi connectivity index (χ4n) is 10.6. The Hall–Kier alpha value is -3.10. The number of unbranched alkanes of at least 4 members (excludes halogenated alkanes) is 1. The molecule has 0 radical (unpaired) electrons. The van der Waals surface area contributed by atoms with Crippen LogP contribution in [-0.2, 0) is 87.1 Å². The second kappa shape index (κ2) is 54.9.